The third kappa shape index (κ3) is 9.26. The van der Waals surface area contributed by atoms with E-state index in [9.17, 15) is 39.7 Å². The minimum atomic E-state index is -4.90. The van der Waals surface area contributed by atoms with Gasteiger partial charge in [-0.1, -0.05) is 53.9 Å². The van der Waals surface area contributed by atoms with Crippen molar-refractivity contribution >= 4 is 57.2 Å². The molecule has 2 rings (SSSR count). The summed E-state index contributed by atoms with van der Waals surface area (Å²) in [6, 6.07) is 5.40. The van der Waals surface area contributed by atoms with Gasteiger partial charge in [0.15, 0.2) is 5.78 Å². The lowest BCUT2D eigenvalue weighted by molar-refractivity contribution is -0.139. The van der Waals surface area contributed by atoms with Crippen LogP contribution in [0.3, 0.4) is 0 Å². The smallest absolute Gasteiger partial charge is 0.294 e. The van der Waals surface area contributed by atoms with E-state index in [4.69, 9.17) is 34.8 Å². The van der Waals surface area contributed by atoms with Gasteiger partial charge in [-0.15, -0.1) is 0 Å². The summed E-state index contributed by atoms with van der Waals surface area (Å²) in [4.78, 5) is 12.6. The average Bonchev–Trinajstić information content (AvgIpc) is 2.72. The number of rotatable bonds is 9. The SMILES string of the molecule is Cc1cc(/C(F)=C/C(c2cc(Cl)c(Cl)c(Cl)c2)C(F)(F)F)ccc1C(=O)C[C@H](C)CS(=O)CC(F)(F)F. The van der Waals surface area contributed by atoms with Crippen LogP contribution in [0, 0.1) is 12.8 Å². The minimum absolute atomic E-state index is 0.119. The Morgan fingerprint density at radius 1 is 1.03 bits per heavy atom. The van der Waals surface area contributed by atoms with E-state index in [2.05, 4.69) is 0 Å². The van der Waals surface area contributed by atoms with Gasteiger partial charge in [0.1, 0.15) is 17.5 Å². The lowest BCUT2D eigenvalue weighted by Gasteiger charge is -2.19. The Balaban J connectivity index is 2.26. The summed E-state index contributed by atoms with van der Waals surface area (Å²) in [6.45, 7) is 2.92. The molecule has 0 aromatic heterocycles. The number of aryl methyl sites for hydroxylation is 1. The molecule has 204 valence electrons. The summed E-state index contributed by atoms with van der Waals surface area (Å²) in [5.74, 6) is -6.54. The summed E-state index contributed by atoms with van der Waals surface area (Å²) in [7, 11) is -2.19. The Morgan fingerprint density at radius 3 is 2.08 bits per heavy atom. The van der Waals surface area contributed by atoms with Gasteiger partial charge in [-0.05, 0) is 48.2 Å². The molecule has 0 saturated carbocycles. The van der Waals surface area contributed by atoms with Crippen LogP contribution in [0.1, 0.15) is 46.3 Å². The Hall–Kier alpha value is -1.62. The molecule has 37 heavy (non-hydrogen) atoms. The maximum Gasteiger partial charge on any atom is 0.400 e. The maximum atomic E-state index is 14.9. The van der Waals surface area contributed by atoms with Gasteiger partial charge in [0.05, 0.1) is 15.1 Å². The number of allylic oxidation sites excluding steroid dienone is 1. The van der Waals surface area contributed by atoms with Crippen molar-refractivity contribution < 1.29 is 39.7 Å². The number of carbonyl (C=O) groups is 1. The second-order valence-corrected chi connectivity index (χ2v) is 11.2. The predicted octanol–water partition coefficient (Wildman–Crippen LogP) is 9.13. The fourth-order valence-corrected chi connectivity index (χ4v) is 5.39. The summed E-state index contributed by atoms with van der Waals surface area (Å²) in [6.07, 6.45) is -9.35. The zero-order valence-electron chi connectivity index (χ0n) is 19.2. The van der Waals surface area contributed by atoms with Gasteiger partial charge < -0.3 is 0 Å². The number of hydrogen-bond donors (Lipinski definition) is 0. The molecule has 0 spiro atoms. The summed E-state index contributed by atoms with van der Waals surface area (Å²) in [5.41, 5.74) is -0.291. The molecular weight excluding hydrogens is 592 g/mol. The standard InChI is InChI=1S/C24H20Cl3F7O2S/c1-12(10-37(36)11-23(29,30)31)5-21(35)16-4-3-14(6-13(16)2)20(28)9-17(24(32,33)34)15-7-18(25)22(27)19(26)8-15/h3-4,6-9,12,17H,5,10-11H2,1-2H3/b20-9-/t12-,17?,37?/m0/s1. The van der Waals surface area contributed by atoms with Crippen LogP contribution >= 0.6 is 34.8 Å². The minimum Gasteiger partial charge on any atom is -0.294 e. The number of alkyl halides is 6. The van der Waals surface area contributed by atoms with Crippen molar-refractivity contribution in [3.05, 3.63) is 73.7 Å². The number of halogens is 10. The molecule has 0 heterocycles. The van der Waals surface area contributed by atoms with E-state index >= 15 is 0 Å². The number of hydrogen-bond acceptors (Lipinski definition) is 2. The van der Waals surface area contributed by atoms with Gasteiger partial charge in [-0.25, -0.2) is 4.39 Å². The van der Waals surface area contributed by atoms with E-state index in [0.29, 0.717) is 6.08 Å². The fraction of sp³-hybridized carbons (Fsp3) is 0.375. The lowest BCUT2D eigenvalue weighted by Crippen LogP contribution is -2.23. The average molecular weight is 612 g/mol. The molecule has 0 amide bonds. The van der Waals surface area contributed by atoms with E-state index < -0.39 is 57.9 Å². The Bertz CT molecular complexity index is 1190. The number of Topliss-reactive ketones (excluding diaryl/α,β-unsaturated/α-hetero) is 1. The molecule has 0 fully saturated rings. The first-order valence-corrected chi connectivity index (χ1v) is 13.2. The molecule has 2 aromatic rings. The van der Waals surface area contributed by atoms with Crippen LogP contribution in [0.2, 0.25) is 15.1 Å². The third-order valence-electron chi connectivity index (χ3n) is 5.16. The van der Waals surface area contributed by atoms with Crippen LogP contribution in [0.25, 0.3) is 5.83 Å². The van der Waals surface area contributed by atoms with E-state index in [1.807, 2.05) is 0 Å². The van der Waals surface area contributed by atoms with Crippen molar-refractivity contribution in [1.82, 2.24) is 0 Å². The topological polar surface area (TPSA) is 34.1 Å². The lowest BCUT2D eigenvalue weighted by atomic mass is 9.94. The van der Waals surface area contributed by atoms with Gasteiger partial charge in [-0.2, -0.15) is 26.3 Å². The van der Waals surface area contributed by atoms with E-state index in [1.165, 1.54) is 26.0 Å². The summed E-state index contributed by atoms with van der Waals surface area (Å²) in [5, 5.41) is -0.612. The van der Waals surface area contributed by atoms with Crippen LogP contribution < -0.4 is 0 Å². The van der Waals surface area contributed by atoms with Gasteiger partial charge in [0.25, 0.3) is 0 Å². The van der Waals surface area contributed by atoms with Crippen molar-refractivity contribution in [2.45, 2.75) is 38.5 Å². The third-order valence-corrected chi connectivity index (χ3v) is 7.95. The quantitative estimate of drug-likeness (QED) is 0.161. The highest BCUT2D eigenvalue weighted by Gasteiger charge is 2.40. The Labute approximate surface area is 226 Å². The van der Waals surface area contributed by atoms with Crippen molar-refractivity contribution in [3.8, 4) is 0 Å². The number of ketones is 1. The Morgan fingerprint density at radius 2 is 1.59 bits per heavy atom. The number of benzene rings is 2. The van der Waals surface area contributed by atoms with Crippen LogP contribution in [0.4, 0.5) is 30.7 Å². The second kappa shape index (κ2) is 12.5. The van der Waals surface area contributed by atoms with E-state index in [1.54, 1.807) is 0 Å². The molecular formula is C24H20Cl3F7O2S. The van der Waals surface area contributed by atoms with Crippen LogP contribution in [0.5, 0.6) is 0 Å². The predicted molar refractivity (Wildman–Crippen MR) is 133 cm³/mol. The highest BCUT2D eigenvalue weighted by molar-refractivity contribution is 7.85. The Kier molecular flexibility index (Phi) is 10.7. The van der Waals surface area contributed by atoms with Crippen LogP contribution in [0.15, 0.2) is 36.4 Å². The van der Waals surface area contributed by atoms with Crippen LogP contribution in [-0.4, -0.2) is 33.9 Å². The molecule has 2 aromatic carbocycles. The second-order valence-electron chi connectivity index (χ2n) is 8.46. The fourth-order valence-electron chi connectivity index (χ4n) is 3.55. The first kappa shape index (κ1) is 31.6. The molecule has 0 N–H and O–H groups in total. The molecule has 0 saturated heterocycles. The molecule has 2 unspecified atom stereocenters. The summed E-state index contributed by atoms with van der Waals surface area (Å²) >= 11 is 17.4. The first-order valence-electron chi connectivity index (χ1n) is 10.5. The molecule has 13 heteroatoms. The highest BCUT2D eigenvalue weighted by atomic mass is 35.5. The molecule has 0 aliphatic heterocycles. The molecule has 0 aliphatic carbocycles. The maximum absolute atomic E-state index is 14.9. The molecule has 0 radical (unpaired) electrons. The van der Waals surface area contributed by atoms with Crippen molar-refractivity contribution in [2.24, 2.45) is 5.92 Å². The molecule has 0 bridgehead atoms. The monoisotopic (exact) mass is 610 g/mol. The zero-order valence-corrected chi connectivity index (χ0v) is 22.3. The van der Waals surface area contributed by atoms with Gasteiger partial charge in [0.2, 0.25) is 0 Å². The first-order chi connectivity index (χ1) is 16.9. The molecule has 2 nitrogen and oxygen atoms in total. The molecule has 0 aliphatic rings. The van der Waals surface area contributed by atoms with Crippen LogP contribution in [-0.2, 0) is 10.8 Å². The van der Waals surface area contributed by atoms with E-state index in [0.717, 1.165) is 18.2 Å². The van der Waals surface area contributed by atoms with Crippen molar-refractivity contribution in [2.75, 3.05) is 11.5 Å². The van der Waals surface area contributed by atoms with Gasteiger partial charge >= 0.3 is 12.4 Å². The van der Waals surface area contributed by atoms with Crippen molar-refractivity contribution in [1.29, 1.82) is 0 Å². The number of carbonyl (C=O) groups excluding carboxylic acids is 1. The largest absolute Gasteiger partial charge is 0.400 e. The van der Waals surface area contributed by atoms with Crippen molar-refractivity contribution in [3.63, 3.8) is 0 Å². The molecule has 3 atom stereocenters. The normalized spacial score (nSPS) is 15.4. The van der Waals surface area contributed by atoms with Gasteiger partial charge in [-0.3, -0.25) is 9.00 Å². The zero-order chi connectivity index (χ0) is 28.3. The van der Waals surface area contributed by atoms with E-state index in [-0.39, 0.29) is 43.9 Å². The van der Waals surface area contributed by atoms with Gasteiger partial charge in [0, 0.05) is 34.1 Å². The summed E-state index contributed by atoms with van der Waals surface area (Å²) < 4.78 is 105. The highest BCUT2D eigenvalue weighted by Crippen LogP contribution is 2.42.